The maximum absolute atomic E-state index is 13.6. The zero-order valence-corrected chi connectivity index (χ0v) is 21.4. The van der Waals surface area contributed by atoms with Crippen LogP contribution in [-0.2, 0) is 33.6 Å². The molecule has 214 valence electrons. The SMILES string of the molecule is CC(C)(C)OC(=O)N(CCOCCC(=O)O)Cc1cc([N+](=O)[O-])ccc1OCc1ccc(F)c(C(F)(F)F)c1. The number of carboxylic acids is 1. The maximum Gasteiger partial charge on any atom is 0.419 e. The summed E-state index contributed by atoms with van der Waals surface area (Å²) in [7, 11) is 0. The van der Waals surface area contributed by atoms with Gasteiger partial charge in [0, 0.05) is 24.2 Å². The molecule has 14 heteroatoms. The van der Waals surface area contributed by atoms with E-state index in [1.807, 2.05) is 0 Å². The second-order valence-corrected chi connectivity index (χ2v) is 9.31. The third-order valence-electron chi connectivity index (χ3n) is 4.96. The largest absolute Gasteiger partial charge is 0.489 e. The first-order valence-electron chi connectivity index (χ1n) is 11.6. The first-order chi connectivity index (χ1) is 18.1. The molecular formula is C25H28F4N2O8. The summed E-state index contributed by atoms with van der Waals surface area (Å²) in [6.07, 6.45) is -5.97. The van der Waals surface area contributed by atoms with E-state index in [0.29, 0.717) is 12.1 Å². The zero-order valence-electron chi connectivity index (χ0n) is 21.4. The van der Waals surface area contributed by atoms with Gasteiger partial charge >= 0.3 is 18.2 Å². The molecule has 0 aromatic heterocycles. The summed E-state index contributed by atoms with van der Waals surface area (Å²) in [6, 6.07) is 5.87. The van der Waals surface area contributed by atoms with Crippen LogP contribution >= 0.6 is 0 Å². The van der Waals surface area contributed by atoms with E-state index in [4.69, 9.17) is 19.3 Å². The molecule has 39 heavy (non-hydrogen) atoms. The lowest BCUT2D eigenvalue weighted by atomic mass is 10.1. The predicted octanol–water partition coefficient (Wildman–Crippen LogP) is 5.56. The van der Waals surface area contributed by atoms with E-state index in [9.17, 15) is 37.3 Å². The summed E-state index contributed by atoms with van der Waals surface area (Å²) < 4.78 is 69.1. The summed E-state index contributed by atoms with van der Waals surface area (Å²) in [5, 5.41) is 20.1. The molecule has 2 aromatic carbocycles. The standard InChI is InChI=1S/C25H28F4N2O8/c1-24(2,3)39-23(34)30(9-11-37-10-8-22(32)33)14-17-13-18(31(35)36)5-7-21(17)38-15-16-4-6-20(26)19(12-16)25(27,28)29/h4-7,12-13H,8-11,14-15H2,1-3H3,(H,32,33). The van der Waals surface area contributed by atoms with Crippen LogP contribution < -0.4 is 4.74 Å². The highest BCUT2D eigenvalue weighted by molar-refractivity contribution is 5.68. The van der Waals surface area contributed by atoms with Crippen LogP contribution in [0, 0.1) is 15.9 Å². The van der Waals surface area contributed by atoms with E-state index < -0.39 is 46.8 Å². The Balaban J connectivity index is 2.30. The van der Waals surface area contributed by atoms with Crippen molar-refractivity contribution < 1.29 is 51.4 Å². The number of nitro groups is 1. The van der Waals surface area contributed by atoms with Crippen LogP contribution in [0.1, 0.15) is 43.9 Å². The van der Waals surface area contributed by atoms with Gasteiger partial charge in [0.2, 0.25) is 0 Å². The number of ether oxygens (including phenoxy) is 3. The Morgan fingerprint density at radius 3 is 2.36 bits per heavy atom. The Hall–Kier alpha value is -3.94. The van der Waals surface area contributed by atoms with Gasteiger partial charge in [-0.15, -0.1) is 0 Å². The molecule has 0 aliphatic heterocycles. The molecule has 10 nitrogen and oxygen atoms in total. The quantitative estimate of drug-likeness (QED) is 0.155. The number of hydrogen-bond acceptors (Lipinski definition) is 7. The second-order valence-electron chi connectivity index (χ2n) is 9.31. The lowest BCUT2D eigenvalue weighted by molar-refractivity contribution is -0.385. The molecule has 0 unspecified atom stereocenters. The number of benzene rings is 2. The number of rotatable bonds is 12. The molecule has 1 amide bonds. The molecule has 0 spiro atoms. The van der Waals surface area contributed by atoms with Crippen molar-refractivity contribution in [2.75, 3.05) is 19.8 Å². The second kappa shape index (κ2) is 13.2. The third-order valence-corrected chi connectivity index (χ3v) is 4.96. The van der Waals surface area contributed by atoms with Gasteiger partial charge in [0.1, 0.15) is 23.8 Å². The fourth-order valence-electron chi connectivity index (χ4n) is 3.19. The lowest BCUT2D eigenvalue weighted by Gasteiger charge is -2.28. The van der Waals surface area contributed by atoms with Gasteiger partial charge in [-0.3, -0.25) is 14.9 Å². The molecule has 0 heterocycles. The van der Waals surface area contributed by atoms with E-state index in [2.05, 4.69) is 0 Å². The van der Waals surface area contributed by atoms with Gasteiger partial charge in [-0.05, 0) is 44.5 Å². The number of carboxylic acid groups (broad SMARTS) is 1. The number of alkyl halides is 3. The maximum atomic E-state index is 13.6. The number of halogens is 4. The Bertz CT molecular complexity index is 1180. The van der Waals surface area contributed by atoms with Crippen molar-refractivity contribution in [2.24, 2.45) is 0 Å². The molecule has 0 atom stereocenters. The van der Waals surface area contributed by atoms with Crippen molar-refractivity contribution in [1.82, 2.24) is 4.90 Å². The van der Waals surface area contributed by atoms with Gasteiger partial charge in [0.15, 0.2) is 0 Å². The molecule has 1 N–H and O–H groups in total. The van der Waals surface area contributed by atoms with E-state index >= 15 is 0 Å². The van der Waals surface area contributed by atoms with E-state index in [1.165, 1.54) is 6.07 Å². The molecule has 0 aliphatic carbocycles. The number of nitrogens with zero attached hydrogens (tertiary/aromatic N) is 2. The van der Waals surface area contributed by atoms with Crippen LogP contribution in [0.4, 0.5) is 28.0 Å². The van der Waals surface area contributed by atoms with Crippen molar-refractivity contribution in [3.63, 3.8) is 0 Å². The Morgan fingerprint density at radius 2 is 1.77 bits per heavy atom. The molecule has 0 saturated carbocycles. The minimum absolute atomic E-state index is 0.0103. The van der Waals surface area contributed by atoms with Crippen molar-refractivity contribution in [2.45, 2.75) is 52.1 Å². The van der Waals surface area contributed by atoms with Crippen LogP contribution in [0.5, 0.6) is 5.75 Å². The first-order valence-corrected chi connectivity index (χ1v) is 11.6. The number of carbonyl (C=O) groups excluding carboxylic acids is 1. The highest BCUT2D eigenvalue weighted by Crippen LogP contribution is 2.33. The summed E-state index contributed by atoms with van der Waals surface area (Å²) >= 11 is 0. The van der Waals surface area contributed by atoms with Gasteiger partial charge in [0.05, 0.1) is 36.7 Å². The number of carbonyl (C=O) groups is 2. The smallest absolute Gasteiger partial charge is 0.419 e. The minimum atomic E-state index is -4.92. The molecule has 2 rings (SSSR count). The van der Waals surface area contributed by atoms with Crippen molar-refractivity contribution >= 4 is 17.7 Å². The van der Waals surface area contributed by atoms with E-state index in [1.54, 1.807) is 20.8 Å². The van der Waals surface area contributed by atoms with Crippen LogP contribution in [0.25, 0.3) is 0 Å². The minimum Gasteiger partial charge on any atom is -0.489 e. The fraction of sp³-hybridized carbons (Fsp3) is 0.440. The topological polar surface area (TPSA) is 128 Å². The van der Waals surface area contributed by atoms with E-state index in [-0.39, 0.29) is 55.3 Å². The van der Waals surface area contributed by atoms with Gasteiger partial charge in [-0.25, -0.2) is 9.18 Å². The number of non-ortho nitro benzene ring substituents is 1. The molecule has 0 saturated heterocycles. The molecule has 2 aromatic rings. The molecular weight excluding hydrogens is 532 g/mol. The normalized spacial score (nSPS) is 11.7. The van der Waals surface area contributed by atoms with E-state index in [0.717, 1.165) is 23.1 Å². The fourth-order valence-corrected chi connectivity index (χ4v) is 3.19. The lowest BCUT2D eigenvalue weighted by Crippen LogP contribution is -2.38. The number of hydrogen-bond donors (Lipinski definition) is 1. The Morgan fingerprint density at radius 1 is 1.08 bits per heavy atom. The molecule has 0 radical (unpaired) electrons. The first kappa shape index (κ1) is 31.3. The summed E-state index contributed by atoms with van der Waals surface area (Å²) in [6.45, 7) is 3.92. The number of aliphatic carboxylic acids is 1. The van der Waals surface area contributed by atoms with Gasteiger partial charge < -0.3 is 24.2 Å². The summed E-state index contributed by atoms with van der Waals surface area (Å²) in [5.41, 5.74) is -2.56. The Kier molecular flexibility index (Phi) is 10.6. The van der Waals surface area contributed by atoms with Gasteiger partial charge in [0.25, 0.3) is 5.69 Å². The summed E-state index contributed by atoms with van der Waals surface area (Å²) in [4.78, 5) is 35.4. The average Bonchev–Trinajstić information content (AvgIpc) is 2.80. The molecule has 0 fully saturated rings. The van der Waals surface area contributed by atoms with Crippen molar-refractivity contribution in [3.05, 3.63) is 69.0 Å². The molecule has 0 bridgehead atoms. The number of amides is 1. The van der Waals surface area contributed by atoms with Crippen LogP contribution in [0.3, 0.4) is 0 Å². The van der Waals surface area contributed by atoms with Crippen molar-refractivity contribution in [1.29, 1.82) is 0 Å². The van der Waals surface area contributed by atoms with Crippen LogP contribution in [-0.4, -0.2) is 52.4 Å². The highest BCUT2D eigenvalue weighted by Gasteiger charge is 2.34. The van der Waals surface area contributed by atoms with Gasteiger partial charge in [-0.1, -0.05) is 6.07 Å². The average molecular weight is 560 g/mol. The third kappa shape index (κ3) is 10.4. The van der Waals surface area contributed by atoms with Gasteiger partial charge in [-0.2, -0.15) is 13.2 Å². The Labute approximate surface area is 221 Å². The van der Waals surface area contributed by atoms with Crippen LogP contribution in [0.2, 0.25) is 0 Å². The molecule has 0 aliphatic rings. The van der Waals surface area contributed by atoms with Crippen molar-refractivity contribution in [3.8, 4) is 5.75 Å². The highest BCUT2D eigenvalue weighted by atomic mass is 19.4. The summed E-state index contributed by atoms with van der Waals surface area (Å²) in [5.74, 6) is -2.49. The number of nitro benzene ring substituents is 1. The van der Waals surface area contributed by atoms with Crippen LogP contribution in [0.15, 0.2) is 36.4 Å². The monoisotopic (exact) mass is 560 g/mol. The zero-order chi connectivity index (χ0) is 29.4. The predicted molar refractivity (Wildman–Crippen MR) is 129 cm³/mol.